The van der Waals surface area contributed by atoms with E-state index in [9.17, 15) is 9.18 Å². The first kappa shape index (κ1) is 13.5. The van der Waals surface area contributed by atoms with Gasteiger partial charge in [0.1, 0.15) is 5.82 Å². The molecule has 1 heterocycles. The summed E-state index contributed by atoms with van der Waals surface area (Å²) in [6.45, 7) is 4.75. The van der Waals surface area contributed by atoms with Crippen LogP contribution in [0.5, 0.6) is 0 Å². The lowest BCUT2D eigenvalue weighted by molar-refractivity contribution is 0.0737. The first-order valence-electron chi connectivity index (χ1n) is 6.17. The third kappa shape index (κ3) is 2.44. The second kappa shape index (κ2) is 5.39. The molecule has 1 amide bonds. The number of hydrogen-bond donors (Lipinski definition) is 0. The van der Waals surface area contributed by atoms with Crippen LogP contribution in [0.2, 0.25) is 0 Å². The highest BCUT2D eigenvalue weighted by Gasteiger charge is 2.34. The summed E-state index contributed by atoms with van der Waals surface area (Å²) in [7, 11) is 0. The van der Waals surface area contributed by atoms with Crippen molar-refractivity contribution < 1.29 is 9.18 Å². The molecule has 0 aliphatic carbocycles. The summed E-state index contributed by atoms with van der Waals surface area (Å²) in [4.78, 5) is 14.3. The Kier molecular flexibility index (Phi) is 4.05. The van der Waals surface area contributed by atoms with E-state index in [-0.39, 0.29) is 17.8 Å². The predicted molar refractivity (Wildman–Crippen MR) is 73.5 cm³/mol. The Hall–Kier alpha value is -0.900. The van der Waals surface area contributed by atoms with Crippen LogP contribution in [0.25, 0.3) is 0 Å². The van der Waals surface area contributed by atoms with Gasteiger partial charge < -0.3 is 4.90 Å². The monoisotopic (exact) mass is 313 g/mol. The summed E-state index contributed by atoms with van der Waals surface area (Å²) >= 11 is 3.46. The van der Waals surface area contributed by atoms with Gasteiger partial charge in [0, 0.05) is 23.5 Å². The number of carbonyl (C=O) groups is 1. The van der Waals surface area contributed by atoms with Crippen LogP contribution in [0, 0.1) is 18.7 Å². The van der Waals surface area contributed by atoms with Crippen LogP contribution < -0.4 is 0 Å². The Bertz CT molecular complexity index is 463. The minimum absolute atomic E-state index is 0.0548. The fourth-order valence-electron chi connectivity index (χ4n) is 2.47. The molecule has 2 atom stereocenters. The smallest absolute Gasteiger partial charge is 0.254 e. The molecule has 0 aromatic heterocycles. The van der Waals surface area contributed by atoms with E-state index in [1.54, 1.807) is 6.07 Å². The van der Waals surface area contributed by atoms with Crippen LogP contribution in [0.4, 0.5) is 4.39 Å². The fraction of sp³-hybridized carbons (Fsp3) is 0.500. The maximum Gasteiger partial charge on any atom is 0.254 e. The van der Waals surface area contributed by atoms with Crippen LogP contribution in [-0.2, 0) is 0 Å². The summed E-state index contributed by atoms with van der Waals surface area (Å²) in [5.41, 5.74) is 1.31. The number of benzene rings is 1. The van der Waals surface area contributed by atoms with Gasteiger partial charge in [-0.1, -0.05) is 28.9 Å². The number of halogens is 2. The number of likely N-dealkylation sites (tertiary alicyclic amines) is 1. The van der Waals surface area contributed by atoms with Gasteiger partial charge in [0.15, 0.2) is 0 Å². The van der Waals surface area contributed by atoms with Gasteiger partial charge in [0.05, 0.1) is 0 Å². The largest absolute Gasteiger partial charge is 0.335 e. The lowest BCUT2D eigenvalue weighted by Gasteiger charge is -2.26. The summed E-state index contributed by atoms with van der Waals surface area (Å²) in [6, 6.07) is 4.60. The van der Waals surface area contributed by atoms with Crippen molar-refractivity contribution in [1.29, 1.82) is 0 Å². The minimum atomic E-state index is -0.355. The lowest BCUT2D eigenvalue weighted by atomic mass is 10.0. The average molecular weight is 314 g/mol. The van der Waals surface area contributed by atoms with Gasteiger partial charge in [0.25, 0.3) is 5.91 Å². The molecule has 98 valence electrons. The summed E-state index contributed by atoms with van der Waals surface area (Å²) < 4.78 is 13.3. The summed E-state index contributed by atoms with van der Waals surface area (Å²) in [6.07, 6.45) is 1.01. The lowest BCUT2D eigenvalue weighted by Crippen LogP contribution is -2.38. The van der Waals surface area contributed by atoms with E-state index in [0.717, 1.165) is 23.9 Å². The van der Waals surface area contributed by atoms with Crippen molar-refractivity contribution in [3.63, 3.8) is 0 Å². The molecule has 1 aliphatic heterocycles. The second-order valence-corrected chi connectivity index (χ2v) is 5.59. The van der Waals surface area contributed by atoms with Crippen LogP contribution in [0.1, 0.15) is 29.3 Å². The highest BCUT2D eigenvalue weighted by molar-refractivity contribution is 9.09. The van der Waals surface area contributed by atoms with E-state index < -0.39 is 0 Å². The van der Waals surface area contributed by atoms with E-state index in [1.165, 1.54) is 12.1 Å². The third-order valence-corrected chi connectivity index (χ3v) is 4.39. The Morgan fingerprint density at radius 3 is 2.94 bits per heavy atom. The van der Waals surface area contributed by atoms with Crippen molar-refractivity contribution in [2.24, 2.45) is 5.92 Å². The Labute approximate surface area is 115 Å². The van der Waals surface area contributed by atoms with E-state index in [4.69, 9.17) is 0 Å². The van der Waals surface area contributed by atoms with Crippen LogP contribution in [-0.4, -0.2) is 28.7 Å². The molecule has 0 saturated carbocycles. The molecule has 0 bridgehead atoms. The van der Waals surface area contributed by atoms with Crippen LogP contribution in [0.15, 0.2) is 18.2 Å². The molecule has 0 spiro atoms. The molecule has 0 N–H and O–H groups in total. The van der Waals surface area contributed by atoms with Gasteiger partial charge in [-0.05, 0) is 37.0 Å². The van der Waals surface area contributed by atoms with Crippen molar-refractivity contribution in [2.75, 3.05) is 11.9 Å². The zero-order valence-corrected chi connectivity index (χ0v) is 12.2. The topological polar surface area (TPSA) is 20.3 Å². The van der Waals surface area contributed by atoms with Crippen molar-refractivity contribution in [1.82, 2.24) is 4.90 Å². The molecule has 4 heteroatoms. The quantitative estimate of drug-likeness (QED) is 0.766. The second-order valence-electron chi connectivity index (χ2n) is 4.95. The number of carbonyl (C=O) groups excluding carboxylic acids is 1. The van der Waals surface area contributed by atoms with Gasteiger partial charge in [-0.15, -0.1) is 0 Å². The molecule has 2 rings (SSSR count). The van der Waals surface area contributed by atoms with E-state index in [2.05, 4.69) is 22.9 Å². The molecule has 1 saturated heterocycles. The Morgan fingerprint density at radius 1 is 1.56 bits per heavy atom. The molecule has 2 unspecified atom stereocenters. The van der Waals surface area contributed by atoms with Crippen molar-refractivity contribution >= 4 is 21.8 Å². The molecule has 1 aliphatic rings. The zero-order chi connectivity index (χ0) is 13.3. The van der Waals surface area contributed by atoms with Crippen molar-refractivity contribution in [2.45, 2.75) is 26.3 Å². The number of rotatable bonds is 2. The number of amides is 1. The Balaban J connectivity index is 2.28. The first-order valence-corrected chi connectivity index (χ1v) is 7.30. The van der Waals surface area contributed by atoms with Crippen molar-refractivity contribution in [3.8, 4) is 0 Å². The van der Waals surface area contributed by atoms with E-state index in [1.807, 2.05) is 11.8 Å². The minimum Gasteiger partial charge on any atom is -0.335 e. The van der Waals surface area contributed by atoms with Gasteiger partial charge >= 0.3 is 0 Å². The number of nitrogens with zero attached hydrogens (tertiary/aromatic N) is 1. The first-order chi connectivity index (χ1) is 8.54. The SMILES string of the molecule is Cc1ccc(F)cc1C(=O)N1CCC(C)C1CBr. The normalized spacial score (nSPS) is 23.4. The molecule has 1 fully saturated rings. The van der Waals surface area contributed by atoms with E-state index in [0.29, 0.717) is 11.5 Å². The van der Waals surface area contributed by atoms with Crippen molar-refractivity contribution in [3.05, 3.63) is 35.1 Å². The van der Waals surface area contributed by atoms with Gasteiger partial charge in [-0.2, -0.15) is 0 Å². The molecule has 1 aromatic carbocycles. The Morgan fingerprint density at radius 2 is 2.28 bits per heavy atom. The molecular formula is C14H17BrFNO. The molecule has 18 heavy (non-hydrogen) atoms. The maximum atomic E-state index is 13.3. The number of alkyl halides is 1. The molecule has 2 nitrogen and oxygen atoms in total. The fourth-order valence-corrected chi connectivity index (χ4v) is 3.46. The summed E-state index contributed by atoms with van der Waals surface area (Å²) in [5.74, 6) is 0.0783. The zero-order valence-electron chi connectivity index (χ0n) is 10.6. The van der Waals surface area contributed by atoms with Gasteiger partial charge in [-0.3, -0.25) is 4.79 Å². The average Bonchev–Trinajstić information content (AvgIpc) is 2.72. The van der Waals surface area contributed by atoms with Gasteiger partial charge in [-0.25, -0.2) is 4.39 Å². The third-order valence-electron chi connectivity index (χ3n) is 3.73. The van der Waals surface area contributed by atoms with Gasteiger partial charge in [0.2, 0.25) is 0 Å². The molecule has 0 radical (unpaired) electrons. The van der Waals surface area contributed by atoms with E-state index >= 15 is 0 Å². The highest BCUT2D eigenvalue weighted by atomic mass is 79.9. The maximum absolute atomic E-state index is 13.3. The molecule has 1 aromatic rings. The van der Waals surface area contributed by atoms with Crippen LogP contribution >= 0.6 is 15.9 Å². The van der Waals surface area contributed by atoms with Crippen LogP contribution in [0.3, 0.4) is 0 Å². The number of hydrogen-bond acceptors (Lipinski definition) is 1. The number of aryl methyl sites for hydroxylation is 1. The summed E-state index contributed by atoms with van der Waals surface area (Å²) in [5, 5.41) is 0.772. The highest BCUT2D eigenvalue weighted by Crippen LogP contribution is 2.27. The standard InChI is InChI=1S/C14H17BrFNO/c1-9-3-4-11(16)7-12(9)14(18)17-6-5-10(2)13(17)8-15/h3-4,7,10,13H,5-6,8H2,1-2H3. The predicted octanol–water partition coefficient (Wildman–Crippen LogP) is 3.38. The molecular weight excluding hydrogens is 297 g/mol.